The standard InChI is InChI=1S/C50H74O6/c1-4-7-10-13-16-19-21-22-23-24-25-26-27-29-31-34-37-40-43-49(52)55-46-47(45-54-48(51)42-39-36-33-30-18-15-12-9-6-3)56-50(53)44-41-38-35-32-28-20-17-14-11-8-5-2/h8-13,16-26,30,32,35-36,39,47H,4-7,14-15,27-29,31,33-34,37-38,40-46H2,1-3H3/b11-8-,12-9-,13-10-,19-16-,20-17-,22-21-,24-23-,26-25-,30-18-,35-32-,39-36-. The Morgan fingerprint density at radius 3 is 1.45 bits per heavy atom. The lowest BCUT2D eigenvalue weighted by atomic mass is 10.1. The Bertz CT molecular complexity index is 1300. The second-order valence-electron chi connectivity index (χ2n) is 13.3. The van der Waals surface area contributed by atoms with Gasteiger partial charge in [0.25, 0.3) is 0 Å². The molecule has 0 heterocycles. The van der Waals surface area contributed by atoms with E-state index in [9.17, 15) is 14.4 Å². The molecule has 0 saturated heterocycles. The lowest BCUT2D eigenvalue weighted by Crippen LogP contribution is -2.30. The molecule has 56 heavy (non-hydrogen) atoms. The SMILES string of the molecule is CC/C=C\C/C=C\C/C=C\CCCC(=O)OC(COC(=O)C/C=C\C/C=C\C/C=C\CC)COC(=O)CCCCCCC\C=C/C=C\C=C/C=C\C=C/CCC. The average Bonchev–Trinajstić information content (AvgIpc) is 3.19. The fourth-order valence-corrected chi connectivity index (χ4v) is 4.91. The van der Waals surface area contributed by atoms with E-state index in [2.05, 4.69) is 106 Å². The summed E-state index contributed by atoms with van der Waals surface area (Å²) in [4.78, 5) is 37.5. The largest absolute Gasteiger partial charge is 0.462 e. The maximum Gasteiger partial charge on any atom is 0.309 e. The Balaban J connectivity index is 4.56. The van der Waals surface area contributed by atoms with Crippen LogP contribution in [0.2, 0.25) is 0 Å². The summed E-state index contributed by atoms with van der Waals surface area (Å²) in [6.45, 7) is 6.09. The number of esters is 3. The minimum atomic E-state index is -0.852. The molecule has 0 aromatic carbocycles. The predicted octanol–water partition coefficient (Wildman–Crippen LogP) is 13.6. The van der Waals surface area contributed by atoms with E-state index in [1.165, 1.54) is 6.42 Å². The Hall–Kier alpha value is -4.45. The minimum absolute atomic E-state index is 0.113. The molecule has 0 amide bonds. The monoisotopic (exact) mass is 771 g/mol. The van der Waals surface area contributed by atoms with Gasteiger partial charge in [-0.3, -0.25) is 14.4 Å². The second kappa shape index (κ2) is 43.3. The Morgan fingerprint density at radius 1 is 0.411 bits per heavy atom. The normalized spacial score (nSPS) is 13.4. The van der Waals surface area contributed by atoms with Gasteiger partial charge in [-0.15, -0.1) is 0 Å². The number of hydrogen-bond acceptors (Lipinski definition) is 6. The first-order valence-corrected chi connectivity index (χ1v) is 21.3. The van der Waals surface area contributed by atoms with E-state index in [0.717, 1.165) is 89.9 Å². The van der Waals surface area contributed by atoms with Gasteiger partial charge < -0.3 is 14.2 Å². The fraction of sp³-hybridized carbons (Fsp3) is 0.500. The quantitative estimate of drug-likeness (QED) is 0.0210. The summed E-state index contributed by atoms with van der Waals surface area (Å²) in [7, 11) is 0. The van der Waals surface area contributed by atoms with Crippen molar-refractivity contribution in [1.29, 1.82) is 0 Å². The molecule has 1 unspecified atom stereocenters. The molecular formula is C50H74O6. The Kier molecular flexibility index (Phi) is 39.8. The summed E-state index contributed by atoms with van der Waals surface area (Å²) < 4.78 is 16.5. The predicted molar refractivity (Wildman–Crippen MR) is 237 cm³/mol. The van der Waals surface area contributed by atoms with Crippen LogP contribution in [0.5, 0.6) is 0 Å². The number of allylic oxidation sites excluding steroid dienone is 21. The molecule has 0 bridgehead atoms. The molecule has 0 fully saturated rings. The van der Waals surface area contributed by atoms with E-state index in [-0.39, 0.29) is 32.0 Å². The van der Waals surface area contributed by atoms with E-state index >= 15 is 0 Å². The molecule has 0 saturated carbocycles. The molecule has 0 spiro atoms. The summed E-state index contributed by atoms with van der Waals surface area (Å²) in [5, 5.41) is 0. The second-order valence-corrected chi connectivity index (χ2v) is 13.3. The fourth-order valence-electron chi connectivity index (χ4n) is 4.91. The van der Waals surface area contributed by atoms with Crippen molar-refractivity contribution in [3.63, 3.8) is 0 Å². The van der Waals surface area contributed by atoms with Crippen LogP contribution in [0.15, 0.2) is 134 Å². The molecule has 0 radical (unpaired) electrons. The lowest BCUT2D eigenvalue weighted by molar-refractivity contribution is -0.166. The van der Waals surface area contributed by atoms with Crippen LogP contribution < -0.4 is 0 Å². The average molecular weight is 771 g/mol. The summed E-state index contributed by atoms with van der Waals surface area (Å²) in [5.41, 5.74) is 0. The number of rotatable bonds is 35. The van der Waals surface area contributed by atoms with Crippen molar-refractivity contribution in [3.05, 3.63) is 134 Å². The van der Waals surface area contributed by atoms with E-state index in [1.807, 2.05) is 42.5 Å². The van der Waals surface area contributed by atoms with Crippen LogP contribution in [0.4, 0.5) is 0 Å². The highest BCUT2D eigenvalue weighted by Crippen LogP contribution is 2.10. The van der Waals surface area contributed by atoms with Crippen LogP contribution in [0.1, 0.15) is 143 Å². The van der Waals surface area contributed by atoms with Gasteiger partial charge in [-0.25, -0.2) is 0 Å². The molecule has 0 rings (SSSR count). The molecule has 6 heteroatoms. The molecule has 0 aromatic rings. The Labute approximate surface area is 341 Å². The van der Waals surface area contributed by atoms with Crippen LogP contribution in [0.25, 0.3) is 0 Å². The summed E-state index contributed by atoms with van der Waals surface area (Å²) in [6.07, 6.45) is 60.5. The van der Waals surface area contributed by atoms with Gasteiger partial charge in [0.05, 0.1) is 6.42 Å². The first-order chi connectivity index (χ1) is 27.5. The van der Waals surface area contributed by atoms with E-state index in [0.29, 0.717) is 12.8 Å². The highest BCUT2D eigenvalue weighted by Gasteiger charge is 2.19. The molecule has 0 aliphatic heterocycles. The molecule has 0 aromatic heterocycles. The third-order valence-corrected chi connectivity index (χ3v) is 8.01. The van der Waals surface area contributed by atoms with Crippen LogP contribution in [0, 0.1) is 0 Å². The van der Waals surface area contributed by atoms with Gasteiger partial charge in [0, 0.05) is 12.8 Å². The first-order valence-electron chi connectivity index (χ1n) is 21.3. The van der Waals surface area contributed by atoms with Crippen molar-refractivity contribution in [3.8, 4) is 0 Å². The van der Waals surface area contributed by atoms with Gasteiger partial charge in [0.1, 0.15) is 13.2 Å². The number of hydrogen-bond donors (Lipinski definition) is 0. The van der Waals surface area contributed by atoms with Crippen LogP contribution in [0.3, 0.4) is 0 Å². The van der Waals surface area contributed by atoms with Crippen molar-refractivity contribution in [1.82, 2.24) is 0 Å². The zero-order valence-corrected chi connectivity index (χ0v) is 35.1. The van der Waals surface area contributed by atoms with Gasteiger partial charge in [0.15, 0.2) is 6.10 Å². The summed E-state index contributed by atoms with van der Waals surface area (Å²) >= 11 is 0. The molecule has 6 nitrogen and oxygen atoms in total. The highest BCUT2D eigenvalue weighted by atomic mass is 16.6. The van der Waals surface area contributed by atoms with Crippen molar-refractivity contribution in [2.24, 2.45) is 0 Å². The van der Waals surface area contributed by atoms with Crippen molar-refractivity contribution < 1.29 is 28.6 Å². The van der Waals surface area contributed by atoms with Crippen molar-refractivity contribution >= 4 is 17.9 Å². The summed E-state index contributed by atoms with van der Waals surface area (Å²) in [5.74, 6) is -1.17. The lowest BCUT2D eigenvalue weighted by Gasteiger charge is -2.18. The minimum Gasteiger partial charge on any atom is -0.462 e. The third-order valence-electron chi connectivity index (χ3n) is 8.01. The molecule has 0 N–H and O–H groups in total. The highest BCUT2D eigenvalue weighted by molar-refractivity contribution is 5.72. The number of ether oxygens (including phenoxy) is 3. The first kappa shape index (κ1) is 51.5. The maximum atomic E-state index is 12.6. The van der Waals surface area contributed by atoms with Gasteiger partial charge in [0.2, 0.25) is 0 Å². The van der Waals surface area contributed by atoms with Crippen LogP contribution in [-0.4, -0.2) is 37.2 Å². The van der Waals surface area contributed by atoms with Gasteiger partial charge in [-0.1, -0.05) is 180 Å². The maximum absolute atomic E-state index is 12.6. The molecule has 1 atom stereocenters. The number of unbranched alkanes of at least 4 members (excludes halogenated alkanes) is 7. The van der Waals surface area contributed by atoms with Gasteiger partial charge in [-0.2, -0.15) is 0 Å². The van der Waals surface area contributed by atoms with Crippen LogP contribution >= 0.6 is 0 Å². The molecular weight excluding hydrogens is 697 g/mol. The summed E-state index contributed by atoms with van der Waals surface area (Å²) in [6, 6.07) is 0. The molecule has 0 aliphatic rings. The van der Waals surface area contributed by atoms with Crippen molar-refractivity contribution in [2.45, 2.75) is 149 Å². The van der Waals surface area contributed by atoms with E-state index in [4.69, 9.17) is 14.2 Å². The van der Waals surface area contributed by atoms with Crippen LogP contribution in [-0.2, 0) is 28.6 Å². The zero-order valence-electron chi connectivity index (χ0n) is 35.1. The third kappa shape index (κ3) is 40.7. The Morgan fingerprint density at radius 2 is 0.857 bits per heavy atom. The zero-order chi connectivity index (χ0) is 40.8. The van der Waals surface area contributed by atoms with E-state index in [1.54, 1.807) is 6.08 Å². The molecule has 0 aliphatic carbocycles. The smallest absolute Gasteiger partial charge is 0.309 e. The van der Waals surface area contributed by atoms with Crippen molar-refractivity contribution in [2.75, 3.05) is 13.2 Å². The van der Waals surface area contributed by atoms with E-state index < -0.39 is 18.0 Å². The number of carbonyl (C=O) groups is 3. The molecule has 310 valence electrons. The van der Waals surface area contributed by atoms with Gasteiger partial charge >= 0.3 is 17.9 Å². The topological polar surface area (TPSA) is 78.9 Å². The number of carbonyl (C=O) groups excluding carboxylic acids is 3. The van der Waals surface area contributed by atoms with Gasteiger partial charge in [-0.05, 0) is 77.0 Å².